The summed E-state index contributed by atoms with van der Waals surface area (Å²) in [4.78, 5) is 4.79. The molecule has 1 unspecified atom stereocenters. The van der Waals surface area contributed by atoms with Gasteiger partial charge in [0.25, 0.3) is 0 Å². The van der Waals surface area contributed by atoms with Gasteiger partial charge in [0.1, 0.15) is 0 Å². The maximum absolute atomic E-state index is 9.50. The van der Waals surface area contributed by atoms with Crippen molar-refractivity contribution in [1.29, 1.82) is 0 Å². The second-order valence-corrected chi connectivity index (χ2v) is 6.01. The molecule has 1 aliphatic heterocycles. The lowest BCUT2D eigenvalue weighted by Gasteiger charge is -2.31. The number of hydrogen-bond acceptors (Lipinski definition) is 3. The summed E-state index contributed by atoms with van der Waals surface area (Å²) in [7, 11) is 2.17. The number of rotatable bonds is 2. The molecule has 1 fully saturated rings. The first-order chi connectivity index (χ1) is 8.61. The van der Waals surface area contributed by atoms with Gasteiger partial charge >= 0.3 is 0 Å². The third-order valence-corrected chi connectivity index (χ3v) is 4.07. The van der Waals surface area contributed by atoms with Gasteiger partial charge < -0.3 is 14.9 Å². The lowest BCUT2D eigenvalue weighted by atomic mass is 10.1. The lowest BCUT2D eigenvalue weighted by Crippen LogP contribution is -2.38. The maximum Gasteiger partial charge on any atom is 0.0702 e. The Morgan fingerprint density at radius 3 is 2.89 bits per heavy atom. The first-order valence-electron chi connectivity index (χ1n) is 6.46. The largest absolute Gasteiger partial charge is 0.392 e. The molecule has 0 aliphatic carbocycles. The average Bonchev–Trinajstić information content (AvgIpc) is 2.50. The Labute approximate surface area is 118 Å². The summed E-state index contributed by atoms with van der Waals surface area (Å²) in [6, 6.07) is 6.58. The molecule has 0 bridgehead atoms. The van der Waals surface area contributed by atoms with E-state index in [0.29, 0.717) is 6.04 Å². The highest BCUT2D eigenvalue weighted by atomic mass is 79.9. The van der Waals surface area contributed by atoms with Crippen LogP contribution in [-0.4, -0.2) is 42.7 Å². The van der Waals surface area contributed by atoms with Gasteiger partial charge in [0.2, 0.25) is 0 Å². The fourth-order valence-corrected chi connectivity index (χ4v) is 3.02. The molecule has 3 nitrogen and oxygen atoms in total. The fourth-order valence-electron chi connectivity index (χ4n) is 2.67. The average molecular weight is 313 g/mol. The van der Waals surface area contributed by atoms with Crippen LogP contribution in [0.5, 0.6) is 0 Å². The summed E-state index contributed by atoms with van der Waals surface area (Å²) in [6.07, 6.45) is 1.16. The van der Waals surface area contributed by atoms with E-state index in [0.717, 1.165) is 41.8 Å². The van der Waals surface area contributed by atoms with Crippen molar-refractivity contribution in [3.8, 4) is 0 Å². The van der Waals surface area contributed by atoms with Crippen molar-refractivity contribution in [2.45, 2.75) is 26.0 Å². The molecule has 1 N–H and O–H groups in total. The summed E-state index contributed by atoms with van der Waals surface area (Å²) in [6.45, 7) is 5.61. The van der Waals surface area contributed by atoms with Crippen LogP contribution in [0.15, 0.2) is 22.7 Å². The summed E-state index contributed by atoms with van der Waals surface area (Å²) in [5.41, 5.74) is 2.17. The minimum Gasteiger partial charge on any atom is -0.392 e. The highest BCUT2D eigenvalue weighted by Crippen LogP contribution is 2.28. The second-order valence-electron chi connectivity index (χ2n) is 5.09. The number of aliphatic hydroxyl groups is 1. The standard InChI is InChI=1S/C14H21BrN2O/c1-11-9-16(2)6-3-7-17(11)14-8-13(15)5-4-12(14)10-18/h4-5,8,11,18H,3,6-7,9-10H2,1-2H3. The molecule has 1 aromatic carbocycles. The predicted molar refractivity (Wildman–Crippen MR) is 79.0 cm³/mol. The Bertz CT molecular complexity index is 411. The SMILES string of the molecule is CC1CN(C)CCCN1c1cc(Br)ccc1CO. The Morgan fingerprint density at radius 1 is 1.39 bits per heavy atom. The van der Waals surface area contributed by atoms with E-state index in [1.165, 1.54) is 0 Å². The van der Waals surface area contributed by atoms with Crippen LogP contribution in [0.2, 0.25) is 0 Å². The molecule has 1 saturated heterocycles. The van der Waals surface area contributed by atoms with Crippen molar-refractivity contribution >= 4 is 21.6 Å². The third kappa shape index (κ3) is 3.05. The Kier molecular flexibility index (Phi) is 4.65. The fraction of sp³-hybridized carbons (Fsp3) is 0.571. The van der Waals surface area contributed by atoms with Gasteiger partial charge in [-0.15, -0.1) is 0 Å². The van der Waals surface area contributed by atoms with Crippen molar-refractivity contribution in [2.75, 3.05) is 31.6 Å². The van der Waals surface area contributed by atoms with Crippen molar-refractivity contribution in [1.82, 2.24) is 4.90 Å². The van der Waals surface area contributed by atoms with Gasteiger partial charge in [-0.25, -0.2) is 0 Å². The first-order valence-corrected chi connectivity index (χ1v) is 7.25. The maximum atomic E-state index is 9.50. The minimum absolute atomic E-state index is 0.0989. The normalized spacial score (nSPS) is 22.0. The Balaban J connectivity index is 2.31. The van der Waals surface area contributed by atoms with Crippen molar-refractivity contribution in [2.24, 2.45) is 0 Å². The van der Waals surface area contributed by atoms with Crippen LogP contribution in [-0.2, 0) is 6.61 Å². The molecule has 2 rings (SSSR count). The Hall–Kier alpha value is -0.580. The Morgan fingerprint density at radius 2 is 2.17 bits per heavy atom. The molecule has 0 saturated carbocycles. The first kappa shape index (κ1) is 13.8. The number of aliphatic hydroxyl groups excluding tert-OH is 1. The van der Waals surface area contributed by atoms with E-state index in [2.05, 4.69) is 45.8 Å². The van der Waals surface area contributed by atoms with Gasteiger partial charge in [-0.1, -0.05) is 22.0 Å². The molecular weight excluding hydrogens is 292 g/mol. The van der Waals surface area contributed by atoms with E-state index in [4.69, 9.17) is 0 Å². The highest BCUT2D eigenvalue weighted by Gasteiger charge is 2.21. The summed E-state index contributed by atoms with van der Waals surface area (Å²) >= 11 is 3.52. The molecule has 4 heteroatoms. The van der Waals surface area contributed by atoms with Gasteiger partial charge in [-0.05, 0) is 39.1 Å². The molecule has 0 spiro atoms. The van der Waals surface area contributed by atoms with Crippen molar-refractivity contribution in [3.63, 3.8) is 0 Å². The van der Waals surface area contributed by atoms with Crippen LogP contribution >= 0.6 is 15.9 Å². The molecular formula is C14H21BrN2O. The van der Waals surface area contributed by atoms with Crippen LogP contribution in [0.25, 0.3) is 0 Å². The summed E-state index contributed by atoms with van der Waals surface area (Å²) < 4.78 is 1.07. The van der Waals surface area contributed by atoms with E-state index < -0.39 is 0 Å². The minimum atomic E-state index is 0.0989. The van der Waals surface area contributed by atoms with Crippen LogP contribution < -0.4 is 4.90 Å². The van der Waals surface area contributed by atoms with E-state index in [9.17, 15) is 5.11 Å². The van der Waals surface area contributed by atoms with Gasteiger partial charge in [0.15, 0.2) is 0 Å². The molecule has 1 aliphatic rings. The van der Waals surface area contributed by atoms with Gasteiger partial charge in [-0.3, -0.25) is 0 Å². The highest BCUT2D eigenvalue weighted by molar-refractivity contribution is 9.10. The van der Waals surface area contributed by atoms with Crippen molar-refractivity contribution in [3.05, 3.63) is 28.2 Å². The van der Waals surface area contributed by atoms with Crippen LogP contribution in [0.4, 0.5) is 5.69 Å². The predicted octanol–water partition coefficient (Wildman–Crippen LogP) is 2.47. The number of benzene rings is 1. The number of hydrogen-bond donors (Lipinski definition) is 1. The summed E-state index contributed by atoms with van der Waals surface area (Å²) in [5.74, 6) is 0. The summed E-state index contributed by atoms with van der Waals surface area (Å²) in [5, 5.41) is 9.50. The zero-order chi connectivity index (χ0) is 13.1. The smallest absolute Gasteiger partial charge is 0.0702 e. The monoisotopic (exact) mass is 312 g/mol. The quantitative estimate of drug-likeness (QED) is 0.909. The van der Waals surface area contributed by atoms with E-state index in [1.807, 2.05) is 12.1 Å². The van der Waals surface area contributed by atoms with Crippen LogP contribution in [0.3, 0.4) is 0 Å². The second kappa shape index (κ2) is 6.04. The zero-order valence-electron chi connectivity index (χ0n) is 11.1. The number of nitrogens with zero attached hydrogens (tertiary/aromatic N) is 2. The van der Waals surface area contributed by atoms with Crippen LogP contribution in [0, 0.1) is 0 Å². The number of likely N-dealkylation sites (N-methyl/N-ethyl adjacent to an activating group) is 1. The zero-order valence-corrected chi connectivity index (χ0v) is 12.7. The molecule has 1 aromatic rings. The topological polar surface area (TPSA) is 26.7 Å². The molecule has 0 amide bonds. The molecule has 1 heterocycles. The molecule has 1 atom stereocenters. The number of anilines is 1. The number of halogens is 1. The van der Waals surface area contributed by atoms with E-state index in [-0.39, 0.29) is 6.61 Å². The van der Waals surface area contributed by atoms with E-state index in [1.54, 1.807) is 0 Å². The molecule has 0 radical (unpaired) electrons. The van der Waals surface area contributed by atoms with E-state index >= 15 is 0 Å². The molecule has 18 heavy (non-hydrogen) atoms. The van der Waals surface area contributed by atoms with Crippen LogP contribution in [0.1, 0.15) is 18.9 Å². The van der Waals surface area contributed by atoms with Gasteiger partial charge in [-0.2, -0.15) is 0 Å². The molecule has 0 aromatic heterocycles. The third-order valence-electron chi connectivity index (χ3n) is 3.57. The lowest BCUT2D eigenvalue weighted by molar-refractivity contribution is 0.281. The molecule has 100 valence electrons. The van der Waals surface area contributed by atoms with Gasteiger partial charge in [0, 0.05) is 34.9 Å². The van der Waals surface area contributed by atoms with Crippen molar-refractivity contribution < 1.29 is 5.11 Å². The van der Waals surface area contributed by atoms with Gasteiger partial charge in [0.05, 0.1) is 6.61 Å².